The Morgan fingerprint density at radius 1 is 1.41 bits per heavy atom. The maximum atomic E-state index is 11.3. The van der Waals surface area contributed by atoms with E-state index in [2.05, 4.69) is 12.2 Å². The Morgan fingerprint density at radius 2 is 2.24 bits per heavy atom. The highest BCUT2D eigenvalue weighted by Gasteiger charge is 2.39. The van der Waals surface area contributed by atoms with Crippen LogP contribution in [0.3, 0.4) is 0 Å². The highest BCUT2D eigenvalue weighted by molar-refractivity contribution is 5.69. The van der Waals surface area contributed by atoms with Gasteiger partial charge in [0.1, 0.15) is 0 Å². The van der Waals surface area contributed by atoms with Gasteiger partial charge in [-0.25, -0.2) is 0 Å². The number of hydrogen-bond donors (Lipinski definition) is 1. The summed E-state index contributed by atoms with van der Waals surface area (Å²) in [4.78, 5) is 11.3. The van der Waals surface area contributed by atoms with Gasteiger partial charge in [-0.2, -0.15) is 0 Å². The summed E-state index contributed by atoms with van der Waals surface area (Å²) in [6.07, 6.45) is 6.25. The van der Waals surface area contributed by atoms with Crippen molar-refractivity contribution < 1.29 is 9.53 Å². The summed E-state index contributed by atoms with van der Waals surface area (Å²) >= 11 is 0. The van der Waals surface area contributed by atoms with Crippen molar-refractivity contribution in [1.29, 1.82) is 0 Å². The maximum Gasteiger partial charge on any atom is 0.307 e. The SMILES string of the molecule is CCOC(=O)CC(C)NCC1CC2CCC1C2. The first-order valence-corrected chi connectivity index (χ1v) is 7.08. The topological polar surface area (TPSA) is 38.3 Å². The van der Waals surface area contributed by atoms with Gasteiger partial charge in [-0.15, -0.1) is 0 Å². The van der Waals surface area contributed by atoms with Crippen LogP contribution < -0.4 is 5.32 Å². The third kappa shape index (κ3) is 3.44. The summed E-state index contributed by atoms with van der Waals surface area (Å²) in [6, 6.07) is 0.244. The zero-order valence-corrected chi connectivity index (χ0v) is 11.1. The van der Waals surface area contributed by atoms with Gasteiger partial charge in [-0.1, -0.05) is 6.42 Å². The molecule has 3 nitrogen and oxygen atoms in total. The average Bonchev–Trinajstić information content (AvgIpc) is 2.88. The highest BCUT2D eigenvalue weighted by atomic mass is 16.5. The quantitative estimate of drug-likeness (QED) is 0.723. The van der Waals surface area contributed by atoms with Crippen LogP contribution in [0.15, 0.2) is 0 Å². The van der Waals surface area contributed by atoms with Gasteiger partial charge in [0, 0.05) is 6.04 Å². The standard InChI is InChI=1S/C14H25NO2/c1-3-17-14(16)6-10(2)15-9-13-8-11-4-5-12(13)7-11/h10-13,15H,3-9H2,1-2H3. The monoisotopic (exact) mass is 239 g/mol. The van der Waals surface area contributed by atoms with Crippen molar-refractivity contribution in [2.24, 2.45) is 17.8 Å². The smallest absolute Gasteiger partial charge is 0.307 e. The predicted molar refractivity (Wildman–Crippen MR) is 67.7 cm³/mol. The Kier molecular flexibility index (Phi) is 4.43. The Bertz CT molecular complexity index is 267. The predicted octanol–water partition coefficient (Wildman–Crippen LogP) is 2.35. The van der Waals surface area contributed by atoms with Crippen molar-refractivity contribution in [3.05, 3.63) is 0 Å². The van der Waals surface area contributed by atoms with E-state index in [0.717, 1.165) is 24.3 Å². The molecule has 0 aromatic rings. The number of rotatable bonds is 6. The molecule has 0 spiro atoms. The van der Waals surface area contributed by atoms with Crippen molar-refractivity contribution in [2.75, 3.05) is 13.2 Å². The highest BCUT2D eigenvalue weighted by Crippen LogP contribution is 2.47. The van der Waals surface area contributed by atoms with Crippen LogP contribution >= 0.6 is 0 Å². The number of carbonyl (C=O) groups is 1. The number of fused-ring (bicyclic) bond motifs is 2. The van der Waals surface area contributed by atoms with Gasteiger partial charge < -0.3 is 10.1 Å². The molecule has 2 aliphatic rings. The Morgan fingerprint density at radius 3 is 2.82 bits per heavy atom. The first-order valence-electron chi connectivity index (χ1n) is 7.08. The van der Waals surface area contributed by atoms with Gasteiger partial charge in [0.15, 0.2) is 0 Å². The summed E-state index contributed by atoms with van der Waals surface area (Å²) in [5.41, 5.74) is 0. The van der Waals surface area contributed by atoms with E-state index in [0.29, 0.717) is 13.0 Å². The van der Waals surface area contributed by atoms with E-state index in [1.54, 1.807) is 0 Å². The minimum Gasteiger partial charge on any atom is -0.466 e. The van der Waals surface area contributed by atoms with Crippen LogP contribution in [-0.2, 0) is 9.53 Å². The molecule has 0 heterocycles. The third-order valence-corrected chi connectivity index (χ3v) is 4.39. The molecular formula is C14H25NO2. The minimum absolute atomic E-state index is 0.0829. The third-order valence-electron chi connectivity index (χ3n) is 4.39. The fraction of sp³-hybridized carbons (Fsp3) is 0.929. The van der Waals surface area contributed by atoms with Gasteiger partial charge in [-0.05, 0) is 57.4 Å². The van der Waals surface area contributed by atoms with Crippen LogP contribution in [0, 0.1) is 17.8 Å². The van der Waals surface area contributed by atoms with Gasteiger partial charge in [0.2, 0.25) is 0 Å². The molecule has 2 rings (SSSR count). The summed E-state index contributed by atoms with van der Waals surface area (Å²) in [7, 11) is 0. The molecule has 0 aromatic heterocycles. The Hall–Kier alpha value is -0.570. The molecule has 4 unspecified atom stereocenters. The van der Waals surface area contributed by atoms with Crippen LogP contribution in [-0.4, -0.2) is 25.2 Å². The van der Waals surface area contributed by atoms with E-state index in [4.69, 9.17) is 4.74 Å². The first-order chi connectivity index (χ1) is 8.19. The molecule has 2 aliphatic carbocycles. The summed E-state index contributed by atoms with van der Waals surface area (Å²) in [6.45, 7) is 5.50. The lowest BCUT2D eigenvalue weighted by Gasteiger charge is -2.23. The number of esters is 1. The van der Waals surface area contributed by atoms with Crippen LogP contribution in [0.25, 0.3) is 0 Å². The van der Waals surface area contributed by atoms with Crippen molar-refractivity contribution >= 4 is 5.97 Å². The maximum absolute atomic E-state index is 11.3. The first kappa shape index (κ1) is 12.9. The fourth-order valence-electron chi connectivity index (χ4n) is 3.52. The van der Waals surface area contributed by atoms with E-state index in [1.807, 2.05) is 6.92 Å². The van der Waals surface area contributed by atoms with E-state index in [1.165, 1.54) is 25.7 Å². The molecule has 0 saturated heterocycles. The lowest BCUT2D eigenvalue weighted by atomic mass is 9.88. The Balaban J connectivity index is 1.63. The molecule has 17 heavy (non-hydrogen) atoms. The zero-order chi connectivity index (χ0) is 12.3. The second-order valence-corrected chi connectivity index (χ2v) is 5.75. The summed E-state index contributed by atoms with van der Waals surface area (Å²) in [5, 5.41) is 3.50. The molecule has 0 aromatic carbocycles. The van der Waals surface area contributed by atoms with Crippen LogP contribution in [0.2, 0.25) is 0 Å². The molecule has 4 atom stereocenters. The molecular weight excluding hydrogens is 214 g/mol. The van der Waals surface area contributed by atoms with E-state index >= 15 is 0 Å². The second kappa shape index (κ2) is 5.85. The lowest BCUT2D eigenvalue weighted by molar-refractivity contribution is -0.143. The molecule has 2 saturated carbocycles. The molecule has 2 fully saturated rings. The Labute approximate surface area is 104 Å². The van der Waals surface area contributed by atoms with Gasteiger partial charge in [-0.3, -0.25) is 4.79 Å². The molecule has 2 bridgehead atoms. The zero-order valence-electron chi connectivity index (χ0n) is 11.1. The van der Waals surface area contributed by atoms with Crippen LogP contribution in [0.1, 0.15) is 46.0 Å². The molecule has 0 aliphatic heterocycles. The summed E-state index contributed by atoms with van der Waals surface area (Å²) in [5.74, 6) is 2.74. The van der Waals surface area contributed by atoms with Crippen LogP contribution in [0.4, 0.5) is 0 Å². The molecule has 98 valence electrons. The number of hydrogen-bond acceptors (Lipinski definition) is 3. The number of ether oxygens (including phenoxy) is 1. The van der Waals surface area contributed by atoms with Gasteiger partial charge >= 0.3 is 5.97 Å². The molecule has 0 radical (unpaired) electrons. The minimum atomic E-state index is -0.0829. The van der Waals surface area contributed by atoms with E-state index in [-0.39, 0.29) is 12.0 Å². The largest absolute Gasteiger partial charge is 0.466 e. The summed E-state index contributed by atoms with van der Waals surface area (Å²) < 4.78 is 4.95. The number of carbonyl (C=O) groups excluding carboxylic acids is 1. The normalized spacial score (nSPS) is 32.7. The van der Waals surface area contributed by atoms with Gasteiger partial charge in [0.05, 0.1) is 13.0 Å². The lowest BCUT2D eigenvalue weighted by Crippen LogP contribution is -2.34. The van der Waals surface area contributed by atoms with Gasteiger partial charge in [0.25, 0.3) is 0 Å². The van der Waals surface area contributed by atoms with Crippen molar-refractivity contribution in [1.82, 2.24) is 5.32 Å². The van der Waals surface area contributed by atoms with Crippen LogP contribution in [0.5, 0.6) is 0 Å². The van der Waals surface area contributed by atoms with E-state index < -0.39 is 0 Å². The molecule has 0 amide bonds. The molecule has 3 heteroatoms. The fourth-order valence-corrected chi connectivity index (χ4v) is 3.52. The van der Waals surface area contributed by atoms with Crippen molar-refractivity contribution in [3.63, 3.8) is 0 Å². The van der Waals surface area contributed by atoms with Crippen molar-refractivity contribution in [2.45, 2.75) is 52.0 Å². The molecule has 1 N–H and O–H groups in total. The second-order valence-electron chi connectivity index (χ2n) is 5.75. The van der Waals surface area contributed by atoms with E-state index in [9.17, 15) is 4.79 Å². The number of nitrogens with one attached hydrogen (secondary N) is 1. The van der Waals surface area contributed by atoms with Crippen molar-refractivity contribution in [3.8, 4) is 0 Å². The average molecular weight is 239 g/mol.